The molecule has 1 aromatic rings. The van der Waals surface area contributed by atoms with Crippen molar-refractivity contribution in [2.45, 2.75) is 32.7 Å². The molecular weight excluding hydrogens is 172 g/mol. The molecule has 0 bridgehead atoms. The zero-order valence-corrected chi connectivity index (χ0v) is 8.96. The lowest BCUT2D eigenvalue weighted by Gasteiger charge is -2.12. The van der Waals surface area contributed by atoms with E-state index in [-0.39, 0.29) is 6.04 Å². The number of nitrogens with two attached hydrogens (primary N) is 1. The summed E-state index contributed by atoms with van der Waals surface area (Å²) >= 11 is 0. The third-order valence-corrected chi connectivity index (χ3v) is 2.29. The Labute approximate surface area is 85.9 Å². The minimum absolute atomic E-state index is 0.0357. The molecule has 0 aromatic carbocycles. The summed E-state index contributed by atoms with van der Waals surface area (Å²) in [6, 6.07) is 2.16. The highest BCUT2D eigenvalue weighted by molar-refractivity contribution is 5.25. The molecule has 1 aromatic heterocycles. The van der Waals surface area contributed by atoms with Crippen LogP contribution in [-0.4, -0.2) is 4.98 Å². The van der Waals surface area contributed by atoms with E-state index in [9.17, 15) is 0 Å². The van der Waals surface area contributed by atoms with Gasteiger partial charge in [0.15, 0.2) is 0 Å². The first-order valence-corrected chi connectivity index (χ1v) is 4.94. The van der Waals surface area contributed by atoms with Gasteiger partial charge in [0.2, 0.25) is 0 Å². The van der Waals surface area contributed by atoms with Gasteiger partial charge in [-0.3, -0.25) is 4.98 Å². The first-order valence-electron chi connectivity index (χ1n) is 4.94. The summed E-state index contributed by atoms with van der Waals surface area (Å²) in [5.74, 6) is 0. The van der Waals surface area contributed by atoms with Crippen LogP contribution in [0.4, 0.5) is 0 Å². The zero-order chi connectivity index (χ0) is 10.6. The van der Waals surface area contributed by atoms with Gasteiger partial charge in [-0.2, -0.15) is 0 Å². The largest absolute Gasteiger partial charge is 0.323 e. The van der Waals surface area contributed by atoms with Crippen molar-refractivity contribution < 1.29 is 0 Å². The van der Waals surface area contributed by atoms with E-state index in [1.165, 1.54) is 11.1 Å². The summed E-state index contributed by atoms with van der Waals surface area (Å²) in [6.45, 7) is 7.79. The molecule has 2 heteroatoms. The zero-order valence-electron chi connectivity index (χ0n) is 8.96. The van der Waals surface area contributed by atoms with Crippen LogP contribution in [0.1, 0.15) is 35.7 Å². The quantitative estimate of drug-likeness (QED) is 0.741. The molecule has 0 fully saturated rings. The molecule has 76 valence electrons. The van der Waals surface area contributed by atoms with Crippen LogP contribution in [0.15, 0.2) is 24.9 Å². The minimum atomic E-state index is 0.0357. The average molecular weight is 190 g/mol. The normalized spacial score (nSPS) is 12.5. The number of allylic oxidation sites excluding steroid dienone is 1. The van der Waals surface area contributed by atoms with E-state index in [1.54, 1.807) is 0 Å². The molecule has 1 heterocycles. The molecule has 14 heavy (non-hydrogen) atoms. The van der Waals surface area contributed by atoms with Crippen LogP contribution in [0.5, 0.6) is 0 Å². The second-order valence-electron chi connectivity index (χ2n) is 3.69. The first-order chi connectivity index (χ1) is 6.65. The first kappa shape index (κ1) is 10.9. The Balaban J connectivity index is 2.78. The number of hydrogen-bond acceptors (Lipinski definition) is 2. The number of hydrogen-bond donors (Lipinski definition) is 1. The van der Waals surface area contributed by atoms with Gasteiger partial charge in [0, 0.05) is 12.2 Å². The fourth-order valence-corrected chi connectivity index (χ4v) is 1.55. The Morgan fingerprint density at radius 3 is 2.86 bits per heavy atom. The fourth-order valence-electron chi connectivity index (χ4n) is 1.55. The molecule has 1 rings (SSSR count). The van der Waals surface area contributed by atoms with E-state index in [0.717, 1.165) is 18.5 Å². The van der Waals surface area contributed by atoms with Gasteiger partial charge in [0.25, 0.3) is 0 Å². The number of rotatable bonds is 4. The summed E-state index contributed by atoms with van der Waals surface area (Å²) in [6.07, 6.45) is 5.62. The highest BCUT2D eigenvalue weighted by Gasteiger charge is 2.09. The molecular formula is C12H18N2. The van der Waals surface area contributed by atoms with Gasteiger partial charge < -0.3 is 5.73 Å². The van der Waals surface area contributed by atoms with Crippen molar-refractivity contribution in [1.29, 1.82) is 0 Å². The molecule has 0 aliphatic heterocycles. The summed E-state index contributed by atoms with van der Waals surface area (Å²) in [7, 11) is 0. The van der Waals surface area contributed by atoms with Crippen LogP contribution in [0.25, 0.3) is 0 Å². The molecule has 2 N–H and O–H groups in total. The van der Waals surface area contributed by atoms with Crippen LogP contribution < -0.4 is 5.73 Å². The van der Waals surface area contributed by atoms with Crippen molar-refractivity contribution in [3.8, 4) is 0 Å². The summed E-state index contributed by atoms with van der Waals surface area (Å²) in [4.78, 5) is 4.37. The predicted molar refractivity (Wildman–Crippen MR) is 60.1 cm³/mol. The third-order valence-electron chi connectivity index (χ3n) is 2.29. The van der Waals surface area contributed by atoms with E-state index in [0.29, 0.717) is 0 Å². The van der Waals surface area contributed by atoms with Crippen molar-refractivity contribution in [2.75, 3.05) is 0 Å². The van der Waals surface area contributed by atoms with Crippen LogP contribution in [0.2, 0.25) is 0 Å². The molecule has 0 aliphatic rings. The minimum Gasteiger partial charge on any atom is -0.323 e. The SMILES string of the molecule is C=CCCC(N)c1ncc(C)cc1C. The maximum absolute atomic E-state index is 6.02. The molecule has 0 saturated heterocycles. The summed E-state index contributed by atoms with van der Waals surface area (Å²) in [5.41, 5.74) is 9.40. The lowest BCUT2D eigenvalue weighted by Crippen LogP contribution is -2.13. The molecule has 0 spiro atoms. The molecule has 1 unspecified atom stereocenters. The molecule has 1 atom stereocenters. The Bertz CT molecular complexity index is 318. The Morgan fingerprint density at radius 1 is 1.57 bits per heavy atom. The highest BCUT2D eigenvalue weighted by atomic mass is 14.8. The second kappa shape index (κ2) is 4.91. The molecule has 0 aliphatic carbocycles. The van der Waals surface area contributed by atoms with E-state index < -0.39 is 0 Å². The van der Waals surface area contributed by atoms with Crippen LogP contribution in [0.3, 0.4) is 0 Å². The molecule has 2 nitrogen and oxygen atoms in total. The van der Waals surface area contributed by atoms with Crippen LogP contribution in [-0.2, 0) is 0 Å². The number of pyridine rings is 1. The van der Waals surface area contributed by atoms with Gasteiger partial charge in [-0.05, 0) is 37.8 Å². The smallest absolute Gasteiger partial charge is 0.0600 e. The summed E-state index contributed by atoms with van der Waals surface area (Å²) < 4.78 is 0. The van der Waals surface area contributed by atoms with Crippen molar-refractivity contribution >= 4 is 0 Å². The Hall–Kier alpha value is -1.15. The number of nitrogens with zero attached hydrogens (tertiary/aromatic N) is 1. The molecule has 0 radical (unpaired) electrons. The molecule has 0 saturated carbocycles. The van der Waals surface area contributed by atoms with Crippen molar-refractivity contribution in [1.82, 2.24) is 4.98 Å². The predicted octanol–water partition coefficient (Wildman–Crippen LogP) is 2.66. The third kappa shape index (κ3) is 2.67. The summed E-state index contributed by atoms with van der Waals surface area (Å²) in [5, 5.41) is 0. The van der Waals surface area contributed by atoms with Crippen molar-refractivity contribution in [3.63, 3.8) is 0 Å². The van der Waals surface area contributed by atoms with Crippen LogP contribution in [0, 0.1) is 13.8 Å². The maximum atomic E-state index is 6.02. The number of aryl methyl sites for hydroxylation is 2. The van der Waals surface area contributed by atoms with E-state index in [4.69, 9.17) is 5.73 Å². The highest BCUT2D eigenvalue weighted by Crippen LogP contribution is 2.18. The second-order valence-corrected chi connectivity index (χ2v) is 3.69. The lowest BCUT2D eigenvalue weighted by molar-refractivity contribution is 0.637. The fraction of sp³-hybridized carbons (Fsp3) is 0.417. The van der Waals surface area contributed by atoms with Gasteiger partial charge in [0.05, 0.1) is 5.69 Å². The average Bonchev–Trinajstić information content (AvgIpc) is 2.14. The van der Waals surface area contributed by atoms with Gasteiger partial charge in [-0.1, -0.05) is 12.1 Å². The standard InChI is InChI=1S/C12H18N2/c1-4-5-6-11(13)12-10(3)7-9(2)8-14-12/h4,7-8,11H,1,5-6,13H2,2-3H3. The van der Waals surface area contributed by atoms with Crippen molar-refractivity contribution in [2.24, 2.45) is 5.73 Å². The Kier molecular flexibility index (Phi) is 3.84. The number of aromatic nitrogens is 1. The van der Waals surface area contributed by atoms with E-state index >= 15 is 0 Å². The topological polar surface area (TPSA) is 38.9 Å². The van der Waals surface area contributed by atoms with E-state index in [1.807, 2.05) is 19.2 Å². The van der Waals surface area contributed by atoms with Crippen LogP contribution >= 0.6 is 0 Å². The van der Waals surface area contributed by atoms with E-state index in [2.05, 4.69) is 24.6 Å². The van der Waals surface area contributed by atoms with Gasteiger partial charge in [-0.15, -0.1) is 6.58 Å². The lowest BCUT2D eigenvalue weighted by atomic mass is 10.0. The monoisotopic (exact) mass is 190 g/mol. The Morgan fingerprint density at radius 2 is 2.29 bits per heavy atom. The molecule has 0 amide bonds. The maximum Gasteiger partial charge on any atom is 0.0600 e. The van der Waals surface area contributed by atoms with Gasteiger partial charge in [0.1, 0.15) is 0 Å². The van der Waals surface area contributed by atoms with Gasteiger partial charge >= 0.3 is 0 Å². The van der Waals surface area contributed by atoms with Gasteiger partial charge in [-0.25, -0.2) is 0 Å². The van der Waals surface area contributed by atoms with Crippen molar-refractivity contribution in [3.05, 3.63) is 41.7 Å².